The fourth-order valence-corrected chi connectivity index (χ4v) is 2.59. The maximum Gasteiger partial charge on any atom is 0.255 e. The normalized spacial score (nSPS) is 16.3. The predicted octanol–water partition coefficient (Wildman–Crippen LogP) is 3.07. The molecule has 1 aliphatic heterocycles. The highest BCUT2D eigenvalue weighted by molar-refractivity contribution is 6.04. The molecule has 0 aromatic heterocycles. The molecular formula is C19H20N2O4. The molecule has 0 bridgehead atoms. The van der Waals surface area contributed by atoms with Crippen LogP contribution in [0.25, 0.3) is 0 Å². The smallest absolute Gasteiger partial charge is 0.255 e. The van der Waals surface area contributed by atoms with Crippen LogP contribution < -0.4 is 15.4 Å². The summed E-state index contributed by atoms with van der Waals surface area (Å²) in [5.41, 5.74) is 1.83. The second kappa shape index (κ2) is 7.81. The van der Waals surface area contributed by atoms with Crippen molar-refractivity contribution in [2.75, 3.05) is 24.4 Å². The number of nitrogens with one attached hydrogen (secondary N) is 2. The van der Waals surface area contributed by atoms with E-state index in [0.717, 1.165) is 18.6 Å². The van der Waals surface area contributed by atoms with Gasteiger partial charge in [0.1, 0.15) is 11.9 Å². The van der Waals surface area contributed by atoms with Gasteiger partial charge in [0.15, 0.2) is 0 Å². The van der Waals surface area contributed by atoms with E-state index in [1.165, 1.54) is 0 Å². The SMILES string of the molecule is COc1ccc(NC(=O)c2ccc(NC(=O)[C@@H]3CCCO3)cc2)cc1. The number of carbonyl (C=O) groups is 2. The van der Waals surface area contributed by atoms with E-state index in [-0.39, 0.29) is 17.9 Å². The van der Waals surface area contributed by atoms with Crippen LogP contribution in [0.3, 0.4) is 0 Å². The zero-order valence-corrected chi connectivity index (χ0v) is 14.0. The quantitative estimate of drug-likeness (QED) is 0.877. The van der Waals surface area contributed by atoms with Crippen molar-refractivity contribution in [3.8, 4) is 5.75 Å². The Hall–Kier alpha value is -2.86. The number of amides is 2. The van der Waals surface area contributed by atoms with Gasteiger partial charge in [0.25, 0.3) is 11.8 Å². The number of hydrogen-bond donors (Lipinski definition) is 2. The van der Waals surface area contributed by atoms with E-state index >= 15 is 0 Å². The summed E-state index contributed by atoms with van der Waals surface area (Å²) in [6.45, 7) is 0.628. The molecule has 2 aromatic rings. The van der Waals surface area contributed by atoms with E-state index in [1.807, 2.05) is 0 Å². The monoisotopic (exact) mass is 340 g/mol. The molecule has 3 rings (SSSR count). The summed E-state index contributed by atoms with van der Waals surface area (Å²) in [7, 11) is 1.59. The van der Waals surface area contributed by atoms with E-state index in [2.05, 4.69) is 10.6 Å². The first-order valence-electron chi connectivity index (χ1n) is 8.13. The molecule has 1 aliphatic rings. The molecule has 2 N–H and O–H groups in total. The van der Waals surface area contributed by atoms with Crippen LogP contribution in [0.2, 0.25) is 0 Å². The minimum Gasteiger partial charge on any atom is -0.497 e. The molecule has 2 amide bonds. The average molecular weight is 340 g/mol. The van der Waals surface area contributed by atoms with Crippen LogP contribution in [0.1, 0.15) is 23.2 Å². The molecule has 2 aromatic carbocycles. The number of benzene rings is 2. The Morgan fingerprint density at radius 3 is 2.24 bits per heavy atom. The topological polar surface area (TPSA) is 76.7 Å². The fraction of sp³-hybridized carbons (Fsp3) is 0.263. The molecule has 25 heavy (non-hydrogen) atoms. The number of carbonyl (C=O) groups excluding carboxylic acids is 2. The molecule has 0 aliphatic carbocycles. The van der Waals surface area contributed by atoms with Gasteiger partial charge in [-0.3, -0.25) is 9.59 Å². The second-order valence-electron chi connectivity index (χ2n) is 5.75. The molecular weight excluding hydrogens is 320 g/mol. The minimum atomic E-state index is -0.377. The van der Waals surface area contributed by atoms with Crippen molar-refractivity contribution < 1.29 is 19.1 Å². The molecule has 0 radical (unpaired) electrons. The van der Waals surface area contributed by atoms with Gasteiger partial charge in [-0.2, -0.15) is 0 Å². The maximum atomic E-state index is 12.3. The highest BCUT2D eigenvalue weighted by Crippen LogP contribution is 2.18. The third kappa shape index (κ3) is 4.36. The molecule has 1 saturated heterocycles. The number of ether oxygens (including phenoxy) is 2. The Bertz CT molecular complexity index is 735. The van der Waals surface area contributed by atoms with E-state index in [0.29, 0.717) is 23.5 Å². The molecule has 1 atom stereocenters. The number of hydrogen-bond acceptors (Lipinski definition) is 4. The van der Waals surface area contributed by atoms with Crippen molar-refractivity contribution in [2.45, 2.75) is 18.9 Å². The lowest BCUT2D eigenvalue weighted by molar-refractivity contribution is -0.124. The lowest BCUT2D eigenvalue weighted by Gasteiger charge is -2.11. The van der Waals surface area contributed by atoms with Crippen LogP contribution >= 0.6 is 0 Å². The summed E-state index contributed by atoms with van der Waals surface area (Å²) in [5.74, 6) is 0.361. The first-order valence-corrected chi connectivity index (χ1v) is 8.13. The second-order valence-corrected chi connectivity index (χ2v) is 5.75. The molecule has 0 spiro atoms. The van der Waals surface area contributed by atoms with Crippen LogP contribution in [0.15, 0.2) is 48.5 Å². The van der Waals surface area contributed by atoms with Crippen LogP contribution in [0, 0.1) is 0 Å². The predicted molar refractivity (Wildman–Crippen MR) is 95.0 cm³/mol. The van der Waals surface area contributed by atoms with E-state index in [9.17, 15) is 9.59 Å². The molecule has 6 heteroatoms. The number of anilines is 2. The van der Waals surface area contributed by atoms with Crippen molar-refractivity contribution in [2.24, 2.45) is 0 Å². The standard InChI is InChI=1S/C19H20N2O4/c1-24-16-10-8-15(9-11-16)20-18(22)13-4-6-14(7-5-13)21-19(23)17-3-2-12-25-17/h4-11,17H,2-3,12H2,1H3,(H,20,22)(H,21,23)/t17-/m0/s1. The van der Waals surface area contributed by atoms with Gasteiger partial charge in [-0.1, -0.05) is 0 Å². The molecule has 0 saturated carbocycles. The third-order valence-electron chi connectivity index (χ3n) is 3.98. The van der Waals surface area contributed by atoms with Crippen LogP contribution in [-0.4, -0.2) is 31.6 Å². The molecule has 130 valence electrons. The lowest BCUT2D eigenvalue weighted by Crippen LogP contribution is -2.26. The first kappa shape index (κ1) is 17.0. The van der Waals surface area contributed by atoms with Crippen molar-refractivity contribution in [1.82, 2.24) is 0 Å². The maximum absolute atomic E-state index is 12.3. The van der Waals surface area contributed by atoms with Gasteiger partial charge in [0, 0.05) is 23.5 Å². The summed E-state index contributed by atoms with van der Waals surface area (Å²) in [6, 6.07) is 13.8. The lowest BCUT2D eigenvalue weighted by atomic mass is 10.1. The van der Waals surface area contributed by atoms with Gasteiger partial charge in [-0.25, -0.2) is 0 Å². The van der Waals surface area contributed by atoms with Gasteiger partial charge < -0.3 is 20.1 Å². The van der Waals surface area contributed by atoms with Gasteiger partial charge >= 0.3 is 0 Å². The van der Waals surface area contributed by atoms with Gasteiger partial charge in [-0.05, 0) is 61.4 Å². The van der Waals surface area contributed by atoms with Crippen molar-refractivity contribution in [1.29, 1.82) is 0 Å². The van der Waals surface area contributed by atoms with Crippen molar-refractivity contribution >= 4 is 23.2 Å². The highest BCUT2D eigenvalue weighted by Gasteiger charge is 2.23. The largest absolute Gasteiger partial charge is 0.497 e. The van der Waals surface area contributed by atoms with E-state index in [4.69, 9.17) is 9.47 Å². The highest BCUT2D eigenvalue weighted by atomic mass is 16.5. The van der Waals surface area contributed by atoms with Crippen molar-refractivity contribution in [3.05, 3.63) is 54.1 Å². The zero-order chi connectivity index (χ0) is 17.6. The van der Waals surface area contributed by atoms with Gasteiger partial charge in [-0.15, -0.1) is 0 Å². The van der Waals surface area contributed by atoms with Crippen LogP contribution in [-0.2, 0) is 9.53 Å². The summed E-state index contributed by atoms with van der Waals surface area (Å²) >= 11 is 0. The van der Waals surface area contributed by atoms with Crippen LogP contribution in [0.4, 0.5) is 11.4 Å². The van der Waals surface area contributed by atoms with E-state index < -0.39 is 0 Å². The number of methoxy groups -OCH3 is 1. The minimum absolute atomic E-state index is 0.145. The first-order chi connectivity index (χ1) is 12.2. The van der Waals surface area contributed by atoms with Gasteiger partial charge in [0.2, 0.25) is 0 Å². The summed E-state index contributed by atoms with van der Waals surface area (Å²) in [4.78, 5) is 24.3. The molecule has 1 fully saturated rings. The Kier molecular flexibility index (Phi) is 5.30. The Morgan fingerprint density at radius 1 is 1.00 bits per heavy atom. The van der Waals surface area contributed by atoms with Crippen molar-refractivity contribution in [3.63, 3.8) is 0 Å². The Morgan fingerprint density at radius 2 is 1.64 bits per heavy atom. The summed E-state index contributed by atoms with van der Waals surface area (Å²) < 4.78 is 10.4. The molecule has 6 nitrogen and oxygen atoms in total. The summed E-state index contributed by atoms with van der Waals surface area (Å²) in [6.07, 6.45) is 1.27. The molecule has 1 heterocycles. The van der Waals surface area contributed by atoms with E-state index in [1.54, 1.807) is 55.6 Å². The average Bonchev–Trinajstić information content (AvgIpc) is 3.18. The van der Waals surface area contributed by atoms with Crippen LogP contribution in [0.5, 0.6) is 5.75 Å². The molecule has 0 unspecified atom stereocenters. The number of rotatable bonds is 5. The van der Waals surface area contributed by atoms with Gasteiger partial charge in [0.05, 0.1) is 7.11 Å². The summed E-state index contributed by atoms with van der Waals surface area (Å²) in [5, 5.41) is 5.62. The zero-order valence-electron chi connectivity index (χ0n) is 14.0. The Balaban J connectivity index is 1.58. The Labute approximate surface area is 146 Å². The third-order valence-corrected chi connectivity index (χ3v) is 3.98. The fourth-order valence-electron chi connectivity index (χ4n) is 2.59.